The zero-order chi connectivity index (χ0) is 13.9. The Kier molecular flexibility index (Phi) is 4.92. The molecule has 1 aromatic rings. The Morgan fingerprint density at radius 2 is 1.67 bits per heavy atom. The Balaban J connectivity index is 3.15. The molecule has 2 nitrogen and oxygen atoms in total. The molecule has 100 valence electrons. The molecule has 1 atom stereocenters. The summed E-state index contributed by atoms with van der Waals surface area (Å²) in [6.07, 6.45) is 2.34. The van der Waals surface area contributed by atoms with Crippen LogP contribution in [0.2, 0.25) is 0 Å². The molecule has 0 fully saturated rings. The van der Waals surface area contributed by atoms with Crippen molar-refractivity contribution < 1.29 is 9.36 Å². The van der Waals surface area contributed by atoms with Gasteiger partial charge in [-0.25, -0.2) is 0 Å². The summed E-state index contributed by atoms with van der Waals surface area (Å²) in [6.45, 7) is 9.54. The normalized spacial score (nSPS) is 14.3. The van der Waals surface area contributed by atoms with E-state index in [4.69, 9.17) is 0 Å². The van der Waals surface area contributed by atoms with Crippen molar-refractivity contribution in [1.82, 2.24) is 0 Å². The van der Waals surface area contributed by atoms with E-state index in [0.29, 0.717) is 11.7 Å². The van der Waals surface area contributed by atoms with Crippen LogP contribution in [-0.2, 0) is 4.57 Å². The van der Waals surface area contributed by atoms with Gasteiger partial charge in [0.2, 0.25) is 5.52 Å². The maximum atomic E-state index is 12.5. The predicted octanol–water partition coefficient (Wildman–Crippen LogP) is 4.55. The number of unbranched alkanes of at least 4 members (excludes halogenated alkanes) is 1. The van der Waals surface area contributed by atoms with E-state index in [-0.39, 0.29) is 5.52 Å². The van der Waals surface area contributed by atoms with E-state index in [9.17, 15) is 9.36 Å². The summed E-state index contributed by atoms with van der Waals surface area (Å²) >= 11 is 0. The van der Waals surface area contributed by atoms with Gasteiger partial charge in [0, 0.05) is 11.7 Å². The fourth-order valence-electron chi connectivity index (χ4n) is 2.32. The van der Waals surface area contributed by atoms with Gasteiger partial charge >= 0.3 is 0 Å². The topological polar surface area (TPSA) is 34.1 Å². The molecule has 0 aliphatic carbocycles. The fraction of sp³-hybridized carbons (Fsp3) is 0.533. The molecule has 0 saturated heterocycles. The average Bonchev–Trinajstić information content (AvgIpc) is 2.24. The van der Waals surface area contributed by atoms with Crippen molar-refractivity contribution in [2.75, 3.05) is 12.8 Å². The molecular formula is C15H23O2P. The summed E-state index contributed by atoms with van der Waals surface area (Å²) in [7, 11) is -2.73. The summed E-state index contributed by atoms with van der Waals surface area (Å²) in [5, 5.41) is 0. The van der Waals surface area contributed by atoms with Crippen LogP contribution in [-0.4, -0.2) is 18.4 Å². The molecule has 3 heteroatoms. The average molecular weight is 266 g/mol. The largest absolute Gasteiger partial charge is 0.315 e. The maximum absolute atomic E-state index is 12.5. The van der Waals surface area contributed by atoms with Crippen LogP contribution in [0.4, 0.5) is 0 Å². The standard InChI is InChI=1S/C15H23O2P/c1-6-7-8-18(5,17)15(16)14-12(3)9-11(2)10-13(14)4/h9-10H,6-8H2,1-5H3. The Hall–Kier alpha value is -0.880. The third-order valence-electron chi connectivity index (χ3n) is 3.26. The molecular weight excluding hydrogens is 243 g/mol. The van der Waals surface area contributed by atoms with Gasteiger partial charge in [0.05, 0.1) is 0 Å². The van der Waals surface area contributed by atoms with Crippen molar-refractivity contribution in [3.63, 3.8) is 0 Å². The monoisotopic (exact) mass is 266 g/mol. The highest BCUT2D eigenvalue weighted by Crippen LogP contribution is 2.46. The molecule has 0 spiro atoms. The molecule has 0 bridgehead atoms. The van der Waals surface area contributed by atoms with Crippen molar-refractivity contribution in [3.05, 3.63) is 34.4 Å². The van der Waals surface area contributed by atoms with Gasteiger partial charge in [-0.05, 0) is 45.0 Å². The molecule has 18 heavy (non-hydrogen) atoms. The number of hydrogen-bond donors (Lipinski definition) is 0. The summed E-state index contributed by atoms with van der Waals surface area (Å²) < 4.78 is 12.5. The van der Waals surface area contributed by atoms with Crippen molar-refractivity contribution in [2.24, 2.45) is 0 Å². The smallest absolute Gasteiger partial charge is 0.221 e. The molecule has 0 saturated carbocycles. The van der Waals surface area contributed by atoms with Gasteiger partial charge in [-0.15, -0.1) is 0 Å². The Morgan fingerprint density at radius 3 is 2.11 bits per heavy atom. The molecule has 1 unspecified atom stereocenters. The molecule has 0 N–H and O–H groups in total. The van der Waals surface area contributed by atoms with E-state index >= 15 is 0 Å². The summed E-state index contributed by atoms with van der Waals surface area (Å²) in [4.78, 5) is 12.5. The highest BCUT2D eigenvalue weighted by Gasteiger charge is 2.28. The second-order valence-corrected chi connectivity index (χ2v) is 8.31. The summed E-state index contributed by atoms with van der Waals surface area (Å²) in [5.41, 5.74) is 3.54. The first-order valence-corrected chi connectivity index (χ1v) is 8.82. The number of hydrogen-bond acceptors (Lipinski definition) is 2. The number of benzene rings is 1. The Labute approximate surface area is 110 Å². The van der Waals surface area contributed by atoms with Crippen LogP contribution >= 0.6 is 7.14 Å². The third-order valence-corrected chi connectivity index (χ3v) is 5.51. The van der Waals surface area contributed by atoms with E-state index in [1.807, 2.05) is 39.8 Å². The molecule has 0 aliphatic rings. The van der Waals surface area contributed by atoms with Crippen molar-refractivity contribution in [3.8, 4) is 0 Å². The van der Waals surface area contributed by atoms with Crippen LogP contribution in [0.3, 0.4) is 0 Å². The van der Waals surface area contributed by atoms with Crippen LogP contribution < -0.4 is 0 Å². The predicted molar refractivity (Wildman–Crippen MR) is 78.3 cm³/mol. The van der Waals surface area contributed by atoms with Gasteiger partial charge in [-0.3, -0.25) is 4.79 Å². The molecule has 1 rings (SSSR count). The lowest BCUT2D eigenvalue weighted by atomic mass is 10.0. The second kappa shape index (κ2) is 5.84. The lowest BCUT2D eigenvalue weighted by molar-refractivity contribution is 0.107. The number of aryl methyl sites for hydroxylation is 3. The SMILES string of the molecule is CCCCP(C)(=O)C(=O)c1c(C)cc(C)cc1C. The first-order chi connectivity index (χ1) is 8.29. The van der Waals surface area contributed by atoms with Gasteiger partial charge in [0.1, 0.15) is 0 Å². The van der Waals surface area contributed by atoms with Gasteiger partial charge < -0.3 is 4.57 Å². The fourth-order valence-corrected chi connectivity index (χ4v) is 4.26. The number of carbonyl (C=O) groups is 1. The van der Waals surface area contributed by atoms with Crippen LogP contribution in [0.5, 0.6) is 0 Å². The van der Waals surface area contributed by atoms with Gasteiger partial charge in [-0.1, -0.05) is 31.0 Å². The molecule has 0 aliphatic heterocycles. The lowest BCUT2D eigenvalue weighted by Gasteiger charge is -2.15. The van der Waals surface area contributed by atoms with Gasteiger partial charge in [0.25, 0.3) is 0 Å². The van der Waals surface area contributed by atoms with Gasteiger partial charge in [0.15, 0.2) is 7.14 Å². The summed E-state index contributed by atoms with van der Waals surface area (Å²) in [6, 6.07) is 3.97. The van der Waals surface area contributed by atoms with E-state index in [1.165, 1.54) is 0 Å². The number of rotatable bonds is 5. The highest BCUT2D eigenvalue weighted by atomic mass is 31.2. The van der Waals surface area contributed by atoms with Gasteiger partial charge in [-0.2, -0.15) is 0 Å². The Morgan fingerprint density at radius 1 is 1.17 bits per heavy atom. The van der Waals surface area contributed by atoms with Crippen molar-refractivity contribution in [2.45, 2.75) is 40.5 Å². The quantitative estimate of drug-likeness (QED) is 0.733. The number of carbonyl (C=O) groups excluding carboxylic acids is 1. The van der Waals surface area contributed by atoms with E-state index < -0.39 is 7.14 Å². The minimum absolute atomic E-state index is 0.147. The maximum Gasteiger partial charge on any atom is 0.221 e. The van der Waals surface area contributed by atoms with E-state index in [1.54, 1.807) is 6.66 Å². The minimum atomic E-state index is -2.73. The first-order valence-electron chi connectivity index (χ1n) is 6.49. The van der Waals surface area contributed by atoms with Crippen LogP contribution in [0, 0.1) is 20.8 Å². The zero-order valence-electron chi connectivity index (χ0n) is 12.0. The van der Waals surface area contributed by atoms with Crippen molar-refractivity contribution in [1.29, 1.82) is 0 Å². The summed E-state index contributed by atoms with van der Waals surface area (Å²) in [5.74, 6) is 0. The van der Waals surface area contributed by atoms with Crippen LogP contribution in [0.1, 0.15) is 46.8 Å². The van der Waals surface area contributed by atoms with Crippen molar-refractivity contribution >= 4 is 12.7 Å². The third kappa shape index (κ3) is 3.32. The Bertz CT molecular complexity index is 480. The zero-order valence-corrected chi connectivity index (χ0v) is 12.9. The minimum Gasteiger partial charge on any atom is -0.315 e. The lowest BCUT2D eigenvalue weighted by Crippen LogP contribution is -2.08. The molecule has 0 heterocycles. The first kappa shape index (κ1) is 15.2. The van der Waals surface area contributed by atoms with E-state index in [0.717, 1.165) is 29.5 Å². The molecule has 0 aromatic heterocycles. The van der Waals surface area contributed by atoms with E-state index in [2.05, 4.69) is 0 Å². The molecule has 1 aromatic carbocycles. The molecule has 0 amide bonds. The van der Waals surface area contributed by atoms with Crippen LogP contribution in [0.15, 0.2) is 12.1 Å². The highest BCUT2D eigenvalue weighted by molar-refractivity contribution is 7.80. The molecule has 0 radical (unpaired) electrons. The second-order valence-electron chi connectivity index (χ2n) is 5.26. The van der Waals surface area contributed by atoms with Crippen LogP contribution in [0.25, 0.3) is 0 Å².